The maximum Gasteiger partial charge on any atom is 0.475 e. The lowest BCUT2D eigenvalue weighted by Crippen LogP contribution is -2.00. The van der Waals surface area contributed by atoms with Gasteiger partial charge in [-0.3, -0.25) is 13.6 Å². The van der Waals surface area contributed by atoms with Gasteiger partial charge in [0.05, 0.1) is 19.8 Å². The number of allylic oxidation sites excluding steroid dienone is 1. The fourth-order valence-corrected chi connectivity index (χ4v) is 2.54. The Morgan fingerprint density at radius 2 is 1.76 bits per heavy atom. The molecule has 0 atom stereocenters. The minimum Gasteiger partial charge on any atom is -0.287 e. The third-order valence-corrected chi connectivity index (χ3v) is 3.99. The number of phosphoric ester groups is 1. The van der Waals surface area contributed by atoms with Crippen molar-refractivity contribution in [1.82, 2.24) is 0 Å². The van der Waals surface area contributed by atoms with Crippen molar-refractivity contribution in [3.63, 3.8) is 0 Å². The Kier molecular flexibility index (Phi) is 8.04. The van der Waals surface area contributed by atoms with E-state index < -0.39 is 7.82 Å². The van der Waals surface area contributed by atoms with Crippen molar-refractivity contribution in [1.29, 1.82) is 0 Å². The Morgan fingerprint density at radius 1 is 1.14 bits per heavy atom. The zero-order valence-corrected chi connectivity index (χ0v) is 13.6. The molecule has 0 unspecified atom stereocenters. The summed E-state index contributed by atoms with van der Waals surface area (Å²) in [4.78, 5) is 0. The average Bonchev–Trinajstić information content (AvgIpc) is 2.47. The molecule has 0 amide bonds. The van der Waals surface area contributed by atoms with Gasteiger partial charge >= 0.3 is 7.82 Å². The molecule has 1 aromatic carbocycles. The molecule has 0 aromatic heterocycles. The summed E-state index contributed by atoms with van der Waals surface area (Å²) in [6, 6.07) is 9.70. The number of rotatable bonds is 7. The fraction of sp³-hybridized carbons (Fsp3) is 0.375. The van der Waals surface area contributed by atoms with Crippen LogP contribution < -0.4 is 0 Å². The standard InChI is InChI=1S/C16H21O4P/c1-4-18-21(17,19-5-2)20-14-13-15(3)11-12-16-9-7-6-8-10-16/h6-10,13H,4-5,14H2,1-3H3/b15-13+. The largest absolute Gasteiger partial charge is 0.475 e. The zero-order chi connectivity index (χ0) is 15.6. The minimum absolute atomic E-state index is 0.132. The predicted octanol–water partition coefficient (Wildman–Crippen LogP) is 4.18. The first kappa shape index (κ1) is 17.7. The maximum atomic E-state index is 12.0. The SMILES string of the molecule is CCOP(=O)(OCC)OC/C=C(\C)C#Cc1ccccc1. The van der Waals surface area contributed by atoms with Crippen LogP contribution in [0, 0.1) is 11.8 Å². The lowest BCUT2D eigenvalue weighted by atomic mass is 10.2. The Labute approximate surface area is 126 Å². The van der Waals surface area contributed by atoms with E-state index in [4.69, 9.17) is 13.6 Å². The molecule has 0 radical (unpaired) electrons. The van der Waals surface area contributed by atoms with Crippen LogP contribution >= 0.6 is 7.82 Å². The molecule has 1 rings (SSSR count). The molecule has 0 aliphatic carbocycles. The lowest BCUT2D eigenvalue weighted by molar-refractivity contribution is 0.131. The highest BCUT2D eigenvalue weighted by molar-refractivity contribution is 7.48. The van der Waals surface area contributed by atoms with Gasteiger partial charge in [-0.25, -0.2) is 4.57 Å². The molecule has 0 fully saturated rings. The Balaban J connectivity index is 2.56. The van der Waals surface area contributed by atoms with Crippen LogP contribution in [0.5, 0.6) is 0 Å². The summed E-state index contributed by atoms with van der Waals surface area (Å²) >= 11 is 0. The Bertz CT molecular complexity index is 545. The average molecular weight is 308 g/mol. The van der Waals surface area contributed by atoms with Crippen molar-refractivity contribution in [2.24, 2.45) is 0 Å². The highest BCUT2D eigenvalue weighted by atomic mass is 31.2. The number of phosphoric acid groups is 1. The second-order valence-corrected chi connectivity index (χ2v) is 5.75. The second kappa shape index (κ2) is 9.55. The van der Waals surface area contributed by atoms with Crippen LogP contribution in [0.3, 0.4) is 0 Å². The topological polar surface area (TPSA) is 44.8 Å². The number of benzene rings is 1. The summed E-state index contributed by atoms with van der Waals surface area (Å²) in [5, 5.41) is 0. The molecule has 5 heteroatoms. The smallest absolute Gasteiger partial charge is 0.287 e. The van der Waals surface area contributed by atoms with Gasteiger partial charge in [-0.1, -0.05) is 30.0 Å². The number of hydrogen-bond acceptors (Lipinski definition) is 4. The van der Waals surface area contributed by atoms with E-state index in [2.05, 4.69) is 11.8 Å². The Hall–Kier alpha value is -1.37. The van der Waals surface area contributed by atoms with Gasteiger partial charge in [0.15, 0.2) is 0 Å². The number of hydrogen-bond donors (Lipinski definition) is 0. The molecule has 21 heavy (non-hydrogen) atoms. The van der Waals surface area contributed by atoms with Crippen molar-refractivity contribution in [2.75, 3.05) is 19.8 Å². The van der Waals surface area contributed by atoms with Gasteiger partial charge in [-0.05, 0) is 44.6 Å². The van der Waals surface area contributed by atoms with Gasteiger partial charge < -0.3 is 0 Å². The van der Waals surface area contributed by atoms with Crippen LogP contribution in [0.25, 0.3) is 0 Å². The first-order valence-corrected chi connectivity index (χ1v) is 8.33. The fourth-order valence-electron chi connectivity index (χ4n) is 1.42. The third-order valence-electron chi connectivity index (χ3n) is 2.37. The van der Waals surface area contributed by atoms with Gasteiger partial charge in [-0.2, -0.15) is 0 Å². The van der Waals surface area contributed by atoms with E-state index in [0.717, 1.165) is 11.1 Å². The summed E-state index contributed by atoms with van der Waals surface area (Å²) in [5.74, 6) is 6.05. The van der Waals surface area contributed by atoms with Crippen molar-refractivity contribution < 1.29 is 18.1 Å². The van der Waals surface area contributed by atoms with E-state index in [9.17, 15) is 4.57 Å². The first-order chi connectivity index (χ1) is 10.1. The van der Waals surface area contributed by atoms with E-state index >= 15 is 0 Å². The predicted molar refractivity (Wildman–Crippen MR) is 83.9 cm³/mol. The van der Waals surface area contributed by atoms with Crippen molar-refractivity contribution >= 4 is 7.82 Å². The minimum atomic E-state index is -3.45. The third kappa shape index (κ3) is 7.27. The molecular formula is C16H21O4P. The molecule has 0 N–H and O–H groups in total. The van der Waals surface area contributed by atoms with Gasteiger partial charge in [0.2, 0.25) is 0 Å². The molecule has 0 aliphatic rings. The van der Waals surface area contributed by atoms with Crippen molar-refractivity contribution in [3.05, 3.63) is 47.5 Å². The van der Waals surface area contributed by atoms with E-state index in [1.807, 2.05) is 37.3 Å². The molecule has 0 spiro atoms. The second-order valence-electron chi connectivity index (χ2n) is 4.08. The van der Waals surface area contributed by atoms with Crippen molar-refractivity contribution in [3.8, 4) is 11.8 Å². The molecular weight excluding hydrogens is 287 g/mol. The molecule has 1 aromatic rings. The van der Waals surface area contributed by atoms with E-state index in [0.29, 0.717) is 0 Å². The van der Waals surface area contributed by atoms with Crippen LogP contribution in [0.1, 0.15) is 26.3 Å². The van der Waals surface area contributed by atoms with E-state index in [1.54, 1.807) is 19.9 Å². The highest BCUT2D eigenvalue weighted by Gasteiger charge is 2.24. The molecule has 0 aliphatic heterocycles. The molecule has 0 saturated carbocycles. The molecule has 0 saturated heterocycles. The van der Waals surface area contributed by atoms with Gasteiger partial charge in [0.1, 0.15) is 0 Å². The maximum absolute atomic E-state index is 12.0. The summed E-state index contributed by atoms with van der Waals surface area (Å²) in [6.45, 7) is 6.02. The summed E-state index contributed by atoms with van der Waals surface area (Å²) < 4.78 is 27.3. The summed E-state index contributed by atoms with van der Waals surface area (Å²) in [7, 11) is -3.45. The van der Waals surface area contributed by atoms with E-state index in [-0.39, 0.29) is 19.8 Å². The van der Waals surface area contributed by atoms with Crippen LogP contribution in [0.4, 0.5) is 0 Å². The van der Waals surface area contributed by atoms with Crippen LogP contribution in [0.2, 0.25) is 0 Å². The molecule has 114 valence electrons. The molecule has 0 bridgehead atoms. The monoisotopic (exact) mass is 308 g/mol. The lowest BCUT2D eigenvalue weighted by Gasteiger charge is -2.15. The molecule has 4 nitrogen and oxygen atoms in total. The normalized spacial score (nSPS) is 11.9. The van der Waals surface area contributed by atoms with Gasteiger partial charge in [0, 0.05) is 5.56 Å². The van der Waals surface area contributed by atoms with E-state index in [1.165, 1.54) is 0 Å². The van der Waals surface area contributed by atoms with Crippen LogP contribution in [-0.2, 0) is 18.1 Å². The highest BCUT2D eigenvalue weighted by Crippen LogP contribution is 2.49. The summed E-state index contributed by atoms with van der Waals surface area (Å²) in [5.41, 5.74) is 1.78. The first-order valence-electron chi connectivity index (χ1n) is 6.87. The van der Waals surface area contributed by atoms with Crippen LogP contribution in [-0.4, -0.2) is 19.8 Å². The Morgan fingerprint density at radius 3 is 2.33 bits per heavy atom. The quantitative estimate of drug-likeness (QED) is 0.560. The zero-order valence-electron chi connectivity index (χ0n) is 12.7. The van der Waals surface area contributed by atoms with Crippen LogP contribution in [0.15, 0.2) is 42.0 Å². The van der Waals surface area contributed by atoms with Gasteiger partial charge in [0.25, 0.3) is 0 Å². The molecule has 0 heterocycles. The van der Waals surface area contributed by atoms with Crippen molar-refractivity contribution in [2.45, 2.75) is 20.8 Å². The summed E-state index contributed by atoms with van der Waals surface area (Å²) in [6.07, 6.45) is 1.75. The van der Waals surface area contributed by atoms with Gasteiger partial charge in [-0.15, -0.1) is 0 Å².